The van der Waals surface area contributed by atoms with Gasteiger partial charge in [-0.2, -0.15) is 5.26 Å². The molecule has 1 aliphatic heterocycles. The summed E-state index contributed by atoms with van der Waals surface area (Å²) in [5.41, 5.74) is 10.5. The number of ketones is 1. The SMILES string of the molecule is Cc1ccc(NC(=O)CSc2nnc(N3C(N)=C(C#N)C(c4cccnc4)C4=C3CC(C)(C)CC4=O)s2)cc1. The van der Waals surface area contributed by atoms with Gasteiger partial charge in [-0.25, -0.2) is 0 Å². The van der Waals surface area contributed by atoms with Crippen LogP contribution in [0.3, 0.4) is 0 Å². The van der Waals surface area contributed by atoms with Crippen LogP contribution in [0.5, 0.6) is 0 Å². The molecule has 5 rings (SSSR count). The molecule has 0 bridgehead atoms. The summed E-state index contributed by atoms with van der Waals surface area (Å²) in [6.45, 7) is 6.07. The number of aromatic nitrogens is 3. The van der Waals surface area contributed by atoms with Crippen LogP contribution >= 0.6 is 23.1 Å². The van der Waals surface area contributed by atoms with Crippen LogP contribution in [0.4, 0.5) is 10.8 Å². The molecule has 2 aliphatic rings. The molecule has 9 nitrogen and oxygen atoms in total. The van der Waals surface area contributed by atoms with E-state index in [0.29, 0.717) is 27.9 Å². The molecule has 1 aromatic carbocycles. The fraction of sp³-hybridized carbons (Fsp3) is 0.286. The lowest BCUT2D eigenvalue weighted by molar-refractivity contribution is -0.118. The van der Waals surface area contributed by atoms with Crippen molar-refractivity contribution >= 4 is 45.6 Å². The van der Waals surface area contributed by atoms with Gasteiger partial charge in [-0.05, 0) is 42.5 Å². The van der Waals surface area contributed by atoms with E-state index in [4.69, 9.17) is 5.73 Å². The summed E-state index contributed by atoms with van der Waals surface area (Å²) in [4.78, 5) is 32.0. The Bertz CT molecular complexity index is 1540. The number of aryl methyl sites for hydroxylation is 1. The largest absolute Gasteiger partial charge is 0.384 e. The standard InChI is InChI=1S/C28H27N7O2S2/c1-16-6-8-18(9-7-16)32-22(37)15-38-27-34-33-26(39-27)35-20-11-28(2,3)12-21(36)24(20)23(19(13-29)25(35)30)17-5-4-10-31-14-17/h4-10,14,23H,11-12,15,30H2,1-3H3,(H,32,37). The Balaban J connectivity index is 1.45. The van der Waals surface area contributed by atoms with Crippen molar-refractivity contribution in [3.8, 4) is 6.07 Å². The van der Waals surface area contributed by atoms with Crippen molar-refractivity contribution in [1.82, 2.24) is 15.2 Å². The van der Waals surface area contributed by atoms with Crippen LogP contribution in [0.15, 0.2) is 75.8 Å². The van der Waals surface area contributed by atoms with Crippen molar-refractivity contribution in [3.05, 3.63) is 82.6 Å². The fourth-order valence-electron chi connectivity index (χ4n) is 4.92. The molecule has 39 heavy (non-hydrogen) atoms. The minimum Gasteiger partial charge on any atom is -0.384 e. The molecule has 0 radical (unpaired) electrons. The number of nitrogens with zero attached hydrogens (tertiary/aromatic N) is 5. The first-order chi connectivity index (χ1) is 18.7. The molecule has 198 valence electrons. The summed E-state index contributed by atoms with van der Waals surface area (Å²) >= 11 is 2.53. The number of pyridine rings is 1. The van der Waals surface area contributed by atoms with E-state index in [2.05, 4.69) is 26.6 Å². The quantitative estimate of drug-likeness (QED) is 0.405. The lowest BCUT2D eigenvalue weighted by atomic mass is 9.69. The molecule has 3 heterocycles. The van der Waals surface area contributed by atoms with Gasteiger partial charge in [0.05, 0.1) is 23.3 Å². The van der Waals surface area contributed by atoms with Crippen LogP contribution in [0, 0.1) is 23.7 Å². The highest BCUT2D eigenvalue weighted by molar-refractivity contribution is 8.01. The van der Waals surface area contributed by atoms with Gasteiger partial charge in [0.2, 0.25) is 11.0 Å². The molecule has 0 spiro atoms. The number of hydrogen-bond acceptors (Lipinski definition) is 10. The molecule has 0 fully saturated rings. The summed E-state index contributed by atoms with van der Waals surface area (Å²) in [5.74, 6) is -0.396. The number of nitrogens with one attached hydrogen (secondary N) is 1. The van der Waals surface area contributed by atoms with Crippen LogP contribution in [-0.2, 0) is 9.59 Å². The highest BCUT2D eigenvalue weighted by atomic mass is 32.2. The summed E-state index contributed by atoms with van der Waals surface area (Å²) in [6, 6.07) is 13.5. The minimum absolute atomic E-state index is 0.0211. The maximum Gasteiger partial charge on any atom is 0.234 e. The van der Waals surface area contributed by atoms with E-state index in [9.17, 15) is 14.9 Å². The van der Waals surface area contributed by atoms with Gasteiger partial charge in [0.25, 0.3) is 0 Å². The Morgan fingerprint density at radius 2 is 2.03 bits per heavy atom. The van der Waals surface area contributed by atoms with E-state index in [1.54, 1.807) is 23.4 Å². The summed E-state index contributed by atoms with van der Waals surface area (Å²) in [5, 5.41) is 22.1. The van der Waals surface area contributed by atoms with Gasteiger partial charge in [-0.3, -0.25) is 19.5 Å². The molecule has 3 N–H and O–H groups in total. The van der Waals surface area contributed by atoms with E-state index < -0.39 is 5.92 Å². The lowest BCUT2D eigenvalue weighted by Gasteiger charge is -2.42. The smallest absolute Gasteiger partial charge is 0.234 e. The minimum atomic E-state index is -0.592. The van der Waals surface area contributed by atoms with E-state index in [0.717, 1.165) is 22.5 Å². The number of Topliss-reactive ketones (excluding diaryl/α,β-unsaturated/α-hetero) is 1. The van der Waals surface area contributed by atoms with Gasteiger partial charge >= 0.3 is 0 Å². The van der Waals surface area contributed by atoms with Crippen molar-refractivity contribution in [1.29, 1.82) is 5.26 Å². The predicted molar refractivity (Wildman–Crippen MR) is 152 cm³/mol. The van der Waals surface area contributed by atoms with Crippen molar-refractivity contribution in [2.24, 2.45) is 11.1 Å². The van der Waals surface area contributed by atoms with Crippen molar-refractivity contribution < 1.29 is 9.59 Å². The number of thioether (sulfide) groups is 1. The second kappa shape index (κ2) is 10.6. The monoisotopic (exact) mass is 557 g/mol. The number of allylic oxidation sites excluding steroid dienone is 3. The molecule has 3 aromatic rings. The van der Waals surface area contributed by atoms with Gasteiger partial charge in [0, 0.05) is 35.8 Å². The highest BCUT2D eigenvalue weighted by Crippen LogP contribution is 2.50. The van der Waals surface area contributed by atoms with E-state index >= 15 is 0 Å². The average molecular weight is 558 g/mol. The van der Waals surface area contributed by atoms with Gasteiger partial charge in [0.1, 0.15) is 5.82 Å². The summed E-state index contributed by atoms with van der Waals surface area (Å²) in [6.07, 6.45) is 4.26. The molecule has 1 aliphatic carbocycles. The van der Waals surface area contributed by atoms with E-state index in [-0.39, 0.29) is 34.3 Å². The zero-order chi connectivity index (χ0) is 27.7. The maximum atomic E-state index is 13.6. The molecule has 0 saturated heterocycles. The zero-order valence-corrected chi connectivity index (χ0v) is 23.4. The molecule has 1 unspecified atom stereocenters. The number of carbonyl (C=O) groups excluding carboxylic acids is 2. The molecule has 0 saturated carbocycles. The number of hydrogen-bond donors (Lipinski definition) is 2. The second-order valence-electron chi connectivity index (χ2n) is 10.3. The Morgan fingerprint density at radius 1 is 1.26 bits per heavy atom. The van der Waals surface area contributed by atoms with Gasteiger partial charge < -0.3 is 11.1 Å². The Kier molecular flexibility index (Phi) is 7.25. The second-order valence-corrected chi connectivity index (χ2v) is 12.5. The van der Waals surface area contributed by atoms with Gasteiger partial charge in [-0.1, -0.05) is 60.7 Å². The van der Waals surface area contributed by atoms with Crippen LogP contribution in [0.25, 0.3) is 0 Å². The first-order valence-electron chi connectivity index (χ1n) is 12.4. The normalized spacial score (nSPS) is 18.6. The van der Waals surface area contributed by atoms with Crippen molar-refractivity contribution in [3.63, 3.8) is 0 Å². The van der Waals surface area contributed by atoms with E-state index in [1.807, 2.05) is 51.1 Å². The number of benzene rings is 1. The Morgan fingerprint density at radius 3 is 2.72 bits per heavy atom. The number of nitrogens with two attached hydrogens (primary N) is 1. The van der Waals surface area contributed by atoms with Crippen molar-refractivity contribution in [2.75, 3.05) is 16.0 Å². The molecule has 1 amide bonds. The first kappa shape index (κ1) is 26.6. The third-order valence-electron chi connectivity index (χ3n) is 6.65. The zero-order valence-electron chi connectivity index (χ0n) is 21.8. The highest BCUT2D eigenvalue weighted by Gasteiger charge is 2.45. The summed E-state index contributed by atoms with van der Waals surface area (Å²) in [7, 11) is 0. The molecule has 11 heteroatoms. The Hall–Kier alpha value is -4.01. The van der Waals surface area contributed by atoms with Crippen LogP contribution in [0.2, 0.25) is 0 Å². The van der Waals surface area contributed by atoms with Crippen LogP contribution < -0.4 is 16.0 Å². The van der Waals surface area contributed by atoms with Gasteiger partial charge in [0.15, 0.2) is 10.1 Å². The molecule has 2 aromatic heterocycles. The third-order valence-corrected chi connectivity index (χ3v) is 8.69. The lowest BCUT2D eigenvalue weighted by Crippen LogP contribution is -2.42. The van der Waals surface area contributed by atoms with Crippen LogP contribution in [-0.4, -0.2) is 32.6 Å². The summed E-state index contributed by atoms with van der Waals surface area (Å²) < 4.78 is 0.577. The number of carbonyl (C=O) groups is 2. The van der Waals surface area contributed by atoms with E-state index in [1.165, 1.54) is 23.1 Å². The first-order valence-corrected chi connectivity index (χ1v) is 14.2. The molecular weight excluding hydrogens is 530 g/mol. The molecule has 1 atom stereocenters. The average Bonchev–Trinajstić information content (AvgIpc) is 3.36. The third kappa shape index (κ3) is 5.44. The Labute approximate surface area is 234 Å². The molecular formula is C28H27N7O2S2. The topological polar surface area (TPSA) is 138 Å². The number of rotatable bonds is 6. The van der Waals surface area contributed by atoms with Gasteiger partial charge in [-0.15, -0.1) is 10.2 Å². The van der Waals surface area contributed by atoms with Crippen molar-refractivity contribution in [2.45, 2.75) is 43.9 Å². The number of nitriles is 1. The number of anilines is 2. The number of amides is 1. The predicted octanol–water partition coefficient (Wildman–Crippen LogP) is 4.91. The van der Waals surface area contributed by atoms with Crippen LogP contribution in [0.1, 0.15) is 43.7 Å². The fourth-order valence-corrected chi connectivity index (χ4v) is 6.60. The maximum absolute atomic E-state index is 13.6.